The van der Waals surface area contributed by atoms with E-state index in [2.05, 4.69) is 22.2 Å². The van der Waals surface area contributed by atoms with Crippen LogP contribution in [0.25, 0.3) is 0 Å². The highest BCUT2D eigenvalue weighted by Gasteiger charge is 2.26. The second kappa shape index (κ2) is 6.07. The summed E-state index contributed by atoms with van der Waals surface area (Å²) in [5.74, 6) is 1.51. The molecule has 4 heteroatoms. The zero-order valence-electron chi connectivity index (χ0n) is 10.6. The molecule has 0 aliphatic carbocycles. The van der Waals surface area contributed by atoms with Crippen LogP contribution in [0, 0.1) is 12.8 Å². The highest BCUT2D eigenvalue weighted by molar-refractivity contribution is 5.05. The standard InChI is InChI=1S/C13H21N3O/c1-3-14-12(11-4-6-17-7-5-11)13-15-8-10(2)9-16-13/h8-9,11-12,14H,3-7H2,1-2H3. The molecule has 1 saturated heterocycles. The fraction of sp³-hybridized carbons (Fsp3) is 0.692. The van der Waals surface area contributed by atoms with Gasteiger partial charge in [0.05, 0.1) is 6.04 Å². The number of hydrogen-bond acceptors (Lipinski definition) is 4. The molecule has 1 unspecified atom stereocenters. The first-order valence-corrected chi connectivity index (χ1v) is 6.41. The molecule has 17 heavy (non-hydrogen) atoms. The predicted molar refractivity (Wildman–Crippen MR) is 66.7 cm³/mol. The fourth-order valence-electron chi connectivity index (χ4n) is 2.30. The van der Waals surface area contributed by atoms with Crippen molar-refractivity contribution in [2.24, 2.45) is 5.92 Å². The summed E-state index contributed by atoms with van der Waals surface area (Å²) in [7, 11) is 0. The average Bonchev–Trinajstić information content (AvgIpc) is 2.38. The Morgan fingerprint density at radius 1 is 1.35 bits per heavy atom. The molecular formula is C13H21N3O. The van der Waals surface area contributed by atoms with E-state index in [1.807, 2.05) is 19.3 Å². The third-order valence-electron chi connectivity index (χ3n) is 3.24. The lowest BCUT2D eigenvalue weighted by Crippen LogP contribution is -2.33. The van der Waals surface area contributed by atoms with Gasteiger partial charge >= 0.3 is 0 Å². The van der Waals surface area contributed by atoms with Gasteiger partial charge in [-0.3, -0.25) is 0 Å². The van der Waals surface area contributed by atoms with Crippen molar-refractivity contribution >= 4 is 0 Å². The van der Waals surface area contributed by atoms with E-state index in [4.69, 9.17) is 4.74 Å². The second-order valence-corrected chi connectivity index (χ2v) is 4.60. The molecule has 2 heterocycles. The van der Waals surface area contributed by atoms with E-state index in [0.717, 1.165) is 44.0 Å². The fourth-order valence-corrected chi connectivity index (χ4v) is 2.30. The molecule has 1 fully saturated rings. The zero-order chi connectivity index (χ0) is 12.1. The number of nitrogens with one attached hydrogen (secondary N) is 1. The smallest absolute Gasteiger partial charge is 0.145 e. The SMILES string of the molecule is CCNC(c1ncc(C)cn1)C1CCOCC1. The number of hydrogen-bond donors (Lipinski definition) is 1. The molecule has 1 aromatic heterocycles. The monoisotopic (exact) mass is 235 g/mol. The van der Waals surface area contributed by atoms with Crippen LogP contribution in [0.4, 0.5) is 0 Å². The van der Waals surface area contributed by atoms with Crippen LogP contribution in [-0.4, -0.2) is 29.7 Å². The van der Waals surface area contributed by atoms with Crippen LogP contribution in [0.1, 0.15) is 37.2 Å². The van der Waals surface area contributed by atoms with Gasteiger partial charge in [-0.2, -0.15) is 0 Å². The maximum Gasteiger partial charge on any atom is 0.145 e. The molecule has 0 radical (unpaired) electrons. The molecule has 1 aromatic rings. The first-order valence-electron chi connectivity index (χ1n) is 6.41. The quantitative estimate of drug-likeness (QED) is 0.865. The van der Waals surface area contributed by atoms with Crippen LogP contribution in [0.3, 0.4) is 0 Å². The maximum absolute atomic E-state index is 5.41. The normalized spacial score (nSPS) is 19.2. The van der Waals surface area contributed by atoms with Gasteiger partial charge in [-0.05, 0) is 37.8 Å². The van der Waals surface area contributed by atoms with Gasteiger partial charge in [0.25, 0.3) is 0 Å². The lowest BCUT2D eigenvalue weighted by atomic mass is 9.91. The molecule has 0 saturated carbocycles. The van der Waals surface area contributed by atoms with Crippen LogP contribution >= 0.6 is 0 Å². The number of aromatic nitrogens is 2. The second-order valence-electron chi connectivity index (χ2n) is 4.60. The predicted octanol–water partition coefficient (Wildman–Crippen LogP) is 1.86. The van der Waals surface area contributed by atoms with Crippen LogP contribution in [0.15, 0.2) is 12.4 Å². The van der Waals surface area contributed by atoms with Crippen molar-refractivity contribution in [1.82, 2.24) is 15.3 Å². The highest BCUT2D eigenvalue weighted by atomic mass is 16.5. The summed E-state index contributed by atoms with van der Waals surface area (Å²) in [6.07, 6.45) is 5.97. The van der Waals surface area contributed by atoms with Crippen molar-refractivity contribution in [3.63, 3.8) is 0 Å². The van der Waals surface area contributed by atoms with E-state index >= 15 is 0 Å². The Morgan fingerprint density at radius 3 is 2.59 bits per heavy atom. The molecule has 1 aliphatic rings. The van der Waals surface area contributed by atoms with Crippen molar-refractivity contribution in [2.45, 2.75) is 32.7 Å². The third kappa shape index (κ3) is 3.23. The number of nitrogens with zero attached hydrogens (tertiary/aromatic N) is 2. The van der Waals surface area contributed by atoms with Gasteiger partial charge < -0.3 is 10.1 Å². The molecule has 0 spiro atoms. The van der Waals surface area contributed by atoms with Gasteiger partial charge in [0.15, 0.2) is 0 Å². The molecular weight excluding hydrogens is 214 g/mol. The minimum absolute atomic E-state index is 0.268. The lowest BCUT2D eigenvalue weighted by molar-refractivity contribution is 0.0527. The molecule has 0 amide bonds. The van der Waals surface area contributed by atoms with E-state index in [-0.39, 0.29) is 6.04 Å². The van der Waals surface area contributed by atoms with E-state index < -0.39 is 0 Å². The van der Waals surface area contributed by atoms with Gasteiger partial charge in [0.1, 0.15) is 5.82 Å². The molecule has 94 valence electrons. The van der Waals surface area contributed by atoms with Crippen LogP contribution in [0.5, 0.6) is 0 Å². The summed E-state index contributed by atoms with van der Waals surface area (Å²) >= 11 is 0. The van der Waals surface area contributed by atoms with Gasteiger partial charge in [-0.25, -0.2) is 9.97 Å². The van der Waals surface area contributed by atoms with Crippen molar-refractivity contribution in [3.8, 4) is 0 Å². The summed E-state index contributed by atoms with van der Waals surface area (Å²) in [6.45, 7) is 6.80. The number of ether oxygens (including phenoxy) is 1. The number of rotatable bonds is 4. The Hall–Kier alpha value is -1.00. The van der Waals surface area contributed by atoms with Gasteiger partial charge in [-0.1, -0.05) is 6.92 Å². The van der Waals surface area contributed by atoms with E-state index in [0.29, 0.717) is 5.92 Å². The van der Waals surface area contributed by atoms with E-state index in [9.17, 15) is 0 Å². The molecule has 0 bridgehead atoms. The Balaban J connectivity index is 2.12. The van der Waals surface area contributed by atoms with Crippen molar-refractivity contribution in [2.75, 3.05) is 19.8 Å². The van der Waals surface area contributed by atoms with Crippen LogP contribution in [-0.2, 0) is 4.74 Å². The lowest BCUT2D eigenvalue weighted by Gasteiger charge is -2.29. The Morgan fingerprint density at radius 2 is 2.00 bits per heavy atom. The molecule has 1 atom stereocenters. The van der Waals surface area contributed by atoms with E-state index in [1.165, 1.54) is 0 Å². The maximum atomic E-state index is 5.41. The topological polar surface area (TPSA) is 47.0 Å². The van der Waals surface area contributed by atoms with Gasteiger partial charge in [-0.15, -0.1) is 0 Å². The minimum atomic E-state index is 0.268. The van der Waals surface area contributed by atoms with Crippen molar-refractivity contribution in [3.05, 3.63) is 23.8 Å². The van der Waals surface area contributed by atoms with Crippen LogP contribution < -0.4 is 5.32 Å². The van der Waals surface area contributed by atoms with Crippen molar-refractivity contribution < 1.29 is 4.74 Å². The average molecular weight is 235 g/mol. The molecule has 2 rings (SSSR count). The minimum Gasteiger partial charge on any atom is -0.381 e. The summed E-state index contributed by atoms with van der Waals surface area (Å²) in [5.41, 5.74) is 1.11. The summed E-state index contributed by atoms with van der Waals surface area (Å²) in [4.78, 5) is 8.92. The first-order chi connectivity index (χ1) is 8.31. The summed E-state index contributed by atoms with van der Waals surface area (Å²) < 4.78 is 5.41. The summed E-state index contributed by atoms with van der Waals surface area (Å²) in [5, 5.41) is 3.51. The molecule has 1 N–H and O–H groups in total. The zero-order valence-corrected chi connectivity index (χ0v) is 10.6. The molecule has 4 nitrogen and oxygen atoms in total. The highest BCUT2D eigenvalue weighted by Crippen LogP contribution is 2.27. The largest absolute Gasteiger partial charge is 0.381 e. The Kier molecular flexibility index (Phi) is 4.45. The Labute approximate surface area is 103 Å². The molecule has 1 aliphatic heterocycles. The Bertz CT molecular complexity index is 333. The van der Waals surface area contributed by atoms with Gasteiger partial charge in [0, 0.05) is 25.6 Å². The molecule has 0 aromatic carbocycles. The summed E-state index contributed by atoms with van der Waals surface area (Å²) in [6, 6.07) is 0.268. The number of aryl methyl sites for hydroxylation is 1. The van der Waals surface area contributed by atoms with Gasteiger partial charge in [0.2, 0.25) is 0 Å². The van der Waals surface area contributed by atoms with E-state index in [1.54, 1.807) is 0 Å². The first kappa shape index (κ1) is 12.5. The van der Waals surface area contributed by atoms with Crippen molar-refractivity contribution in [1.29, 1.82) is 0 Å². The van der Waals surface area contributed by atoms with Crippen LogP contribution in [0.2, 0.25) is 0 Å². The third-order valence-corrected chi connectivity index (χ3v) is 3.24.